The monoisotopic (exact) mass is 306 g/mol. The number of nitrogens with one attached hydrogen (secondary N) is 1. The number of carbonyl (C=O) groups excluding carboxylic acids is 1. The summed E-state index contributed by atoms with van der Waals surface area (Å²) in [5, 5.41) is 3.18. The first-order chi connectivity index (χ1) is 10.3. The fourth-order valence-electron chi connectivity index (χ4n) is 2.41. The van der Waals surface area contributed by atoms with E-state index in [-0.39, 0.29) is 5.97 Å². The van der Waals surface area contributed by atoms with Crippen molar-refractivity contribution in [2.24, 2.45) is 11.7 Å². The summed E-state index contributed by atoms with van der Waals surface area (Å²) in [5.41, 5.74) is 7.54. The number of ether oxygens (including phenoxy) is 1. The lowest BCUT2D eigenvalue weighted by molar-refractivity contribution is -0.152. The van der Waals surface area contributed by atoms with Gasteiger partial charge < -0.3 is 10.5 Å². The zero-order valence-electron chi connectivity index (χ0n) is 14.5. The first kappa shape index (κ1) is 18.7. The van der Waals surface area contributed by atoms with Gasteiger partial charge in [-0.1, -0.05) is 52.0 Å². The van der Waals surface area contributed by atoms with Crippen LogP contribution in [0, 0.1) is 5.92 Å². The van der Waals surface area contributed by atoms with E-state index < -0.39 is 5.66 Å². The molecule has 124 valence electrons. The molecule has 0 aliphatic rings. The first-order valence-electron chi connectivity index (χ1n) is 8.08. The third-order valence-electron chi connectivity index (χ3n) is 3.62. The molecule has 0 fully saturated rings. The van der Waals surface area contributed by atoms with Crippen LogP contribution in [0.2, 0.25) is 0 Å². The normalized spacial score (nSPS) is 14.2. The molecule has 22 heavy (non-hydrogen) atoms. The number of hydrogen-bond acceptors (Lipinski definition) is 4. The van der Waals surface area contributed by atoms with Crippen LogP contribution in [0.1, 0.15) is 58.1 Å². The lowest BCUT2D eigenvalue weighted by Gasteiger charge is -2.30. The molecule has 0 saturated carbocycles. The molecule has 0 aliphatic heterocycles. The summed E-state index contributed by atoms with van der Waals surface area (Å²) < 4.78 is 5.12. The summed E-state index contributed by atoms with van der Waals surface area (Å²) in [6, 6.07) is 8.38. The molecule has 0 spiro atoms. The Morgan fingerprint density at radius 1 is 1.23 bits per heavy atom. The molecule has 1 atom stereocenters. The average molecular weight is 306 g/mol. The molecule has 0 aliphatic carbocycles. The van der Waals surface area contributed by atoms with Gasteiger partial charge in [-0.2, -0.15) is 0 Å². The number of benzene rings is 1. The molecule has 0 aromatic heterocycles. The summed E-state index contributed by atoms with van der Waals surface area (Å²) in [6.07, 6.45) is 0.538. The first-order valence-corrected chi connectivity index (χ1v) is 8.08. The highest BCUT2D eigenvalue weighted by Gasteiger charge is 2.35. The van der Waals surface area contributed by atoms with E-state index in [2.05, 4.69) is 43.4 Å². The summed E-state index contributed by atoms with van der Waals surface area (Å²) in [5.74, 6) is 0.420. The molecule has 0 bridgehead atoms. The molecule has 1 rings (SSSR count). The van der Waals surface area contributed by atoms with Crippen LogP contribution in [-0.4, -0.2) is 18.2 Å². The van der Waals surface area contributed by atoms with Gasteiger partial charge in [-0.3, -0.25) is 5.32 Å². The number of rotatable bonds is 8. The van der Waals surface area contributed by atoms with E-state index in [0.29, 0.717) is 31.4 Å². The summed E-state index contributed by atoms with van der Waals surface area (Å²) in [7, 11) is 0. The molecular formula is C18H30N2O2. The Labute approximate surface area is 134 Å². The number of esters is 1. The predicted octanol–water partition coefficient (Wildman–Crippen LogP) is 3.16. The molecular weight excluding hydrogens is 276 g/mol. The van der Waals surface area contributed by atoms with Gasteiger partial charge in [0.05, 0.1) is 6.61 Å². The molecule has 0 unspecified atom stereocenters. The second-order valence-corrected chi connectivity index (χ2v) is 6.54. The lowest BCUT2D eigenvalue weighted by Crippen LogP contribution is -2.60. The summed E-state index contributed by atoms with van der Waals surface area (Å²) in [6.45, 7) is 11.1. The standard InChI is InChI=1S/C18H30N2O2/c1-6-22-17(21)18(19,11-13(2)3)20-12-15-7-9-16(10-8-15)14(4)5/h7-10,13-14,20H,6,11-12,19H2,1-5H3/t18-/m1/s1. The fraction of sp³-hybridized carbons (Fsp3) is 0.611. The van der Waals surface area contributed by atoms with Crippen molar-refractivity contribution in [2.75, 3.05) is 6.61 Å². The minimum absolute atomic E-state index is 0.297. The largest absolute Gasteiger partial charge is 0.464 e. The van der Waals surface area contributed by atoms with Crippen LogP contribution >= 0.6 is 0 Å². The highest BCUT2D eigenvalue weighted by atomic mass is 16.5. The summed E-state index contributed by atoms with van der Waals surface area (Å²) in [4.78, 5) is 12.2. The van der Waals surface area contributed by atoms with Gasteiger partial charge >= 0.3 is 5.97 Å². The van der Waals surface area contributed by atoms with Crippen molar-refractivity contribution in [3.63, 3.8) is 0 Å². The molecule has 0 radical (unpaired) electrons. The quantitative estimate of drug-likeness (QED) is 0.572. The zero-order chi connectivity index (χ0) is 16.8. The van der Waals surface area contributed by atoms with Crippen molar-refractivity contribution in [3.8, 4) is 0 Å². The fourth-order valence-corrected chi connectivity index (χ4v) is 2.41. The Balaban J connectivity index is 2.75. The molecule has 0 saturated heterocycles. The van der Waals surface area contributed by atoms with E-state index in [0.717, 1.165) is 5.56 Å². The van der Waals surface area contributed by atoms with E-state index in [4.69, 9.17) is 10.5 Å². The Kier molecular flexibility index (Phi) is 7.04. The molecule has 3 N–H and O–H groups in total. The van der Waals surface area contributed by atoms with Crippen LogP contribution in [0.5, 0.6) is 0 Å². The third kappa shape index (κ3) is 5.43. The van der Waals surface area contributed by atoms with Crippen LogP contribution in [0.25, 0.3) is 0 Å². The van der Waals surface area contributed by atoms with Crippen LogP contribution < -0.4 is 11.1 Å². The maximum absolute atomic E-state index is 12.2. The van der Waals surface area contributed by atoms with Crippen LogP contribution in [0.15, 0.2) is 24.3 Å². The maximum atomic E-state index is 12.2. The van der Waals surface area contributed by atoms with Gasteiger partial charge in [0.15, 0.2) is 5.66 Å². The van der Waals surface area contributed by atoms with Gasteiger partial charge in [0.1, 0.15) is 0 Å². The number of hydrogen-bond donors (Lipinski definition) is 2. The lowest BCUT2D eigenvalue weighted by atomic mass is 9.97. The molecule has 0 heterocycles. The minimum atomic E-state index is -1.14. The smallest absolute Gasteiger partial charge is 0.341 e. The Bertz CT molecular complexity index is 468. The topological polar surface area (TPSA) is 64.3 Å². The zero-order valence-corrected chi connectivity index (χ0v) is 14.5. The molecule has 0 amide bonds. The van der Waals surface area contributed by atoms with Gasteiger partial charge in [0.2, 0.25) is 0 Å². The molecule has 4 heteroatoms. The molecule has 4 nitrogen and oxygen atoms in total. The number of nitrogens with two attached hydrogens (primary N) is 1. The van der Waals surface area contributed by atoms with Crippen molar-refractivity contribution < 1.29 is 9.53 Å². The second kappa shape index (κ2) is 8.30. The van der Waals surface area contributed by atoms with Gasteiger partial charge in [0, 0.05) is 6.54 Å². The van der Waals surface area contributed by atoms with Gasteiger partial charge in [-0.05, 0) is 36.3 Å². The SMILES string of the molecule is CCOC(=O)[C@@](N)(CC(C)C)NCc1ccc(C(C)C)cc1. The van der Waals surface area contributed by atoms with E-state index in [1.807, 2.05) is 13.8 Å². The molecule has 1 aromatic rings. The van der Waals surface area contributed by atoms with E-state index >= 15 is 0 Å². The van der Waals surface area contributed by atoms with Crippen molar-refractivity contribution in [1.82, 2.24) is 5.32 Å². The van der Waals surface area contributed by atoms with Crippen molar-refractivity contribution in [2.45, 2.75) is 59.2 Å². The maximum Gasteiger partial charge on any atom is 0.341 e. The number of carbonyl (C=O) groups is 1. The van der Waals surface area contributed by atoms with Crippen molar-refractivity contribution in [1.29, 1.82) is 0 Å². The Hall–Kier alpha value is -1.39. The predicted molar refractivity (Wildman–Crippen MR) is 90.4 cm³/mol. The summed E-state index contributed by atoms with van der Waals surface area (Å²) >= 11 is 0. The average Bonchev–Trinajstić information content (AvgIpc) is 2.45. The highest BCUT2D eigenvalue weighted by molar-refractivity contribution is 5.80. The van der Waals surface area contributed by atoms with Crippen LogP contribution in [0.4, 0.5) is 0 Å². The minimum Gasteiger partial charge on any atom is -0.464 e. The van der Waals surface area contributed by atoms with Gasteiger partial charge in [0.25, 0.3) is 0 Å². The third-order valence-corrected chi connectivity index (χ3v) is 3.62. The Morgan fingerprint density at radius 3 is 2.27 bits per heavy atom. The van der Waals surface area contributed by atoms with Gasteiger partial charge in [-0.25, -0.2) is 4.79 Å². The highest BCUT2D eigenvalue weighted by Crippen LogP contribution is 2.17. The van der Waals surface area contributed by atoms with Crippen LogP contribution in [0.3, 0.4) is 0 Å². The molecule has 1 aromatic carbocycles. The van der Waals surface area contributed by atoms with E-state index in [1.165, 1.54) is 5.56 Å². The van der Waals surface area contributed by atoms with Gasteiger partial charge in [-0.15, -0.1) is 0 Å². The van der Waals surface area contributed by atoms with E-state index in [9.17, 15) is 4.79 Å². The van der Waals surface area contributed by atoms with Crippen molar-refractivity contribution in [3.05, 3.63) is 35.4 Å². The van der Waals surface area contributed by atoms with Crippen molar-refractivity contribution >= 4 is 5.97 Å². The Morgan fingerprint density at radius 2 is 1.82 bits per heavy atom. The van der Waals surface area contributed by atoms with Crippen LogP contribution in [-0.2, 0) is 16.1 Å². The second-order valence-electron chi connectivity index (χ2n) is 6.54. The van der Waals surface area contributed by atoms with E-state index in [1.54, 1.807) is 6.92 Å².